The second-order valence-corrected chi connectivity index (χ2v) is 8.60. The van der Waals surface area contributed by atoms with E-state index in [2.05, 4.69) is 15.3 Å². The molecule has 8 heteroatoms. The van der Waals surface area contributed by atoms with Crippen molar-refractivity contribution in [2.45, 2.75) is 32.6 Å². The predicted molar refractivity (Wildman–Crippen MR) is 121 cm³/mol. The Morgan fingerprint density at radius 2 is 2.07 bits per heavy atom. The number of benzene rings is 1. The van der Waals surface area contributed by atoms with E-state index in [0.29, 0.717) is 23.2 Å². The van der Waals surface area contributed by atoms with Crippen LogP contribution in [-0.4, -0.2) is 29.0 Å². The molecule has 0 saturated carbocycles. The summed E-state index contributed by atoms with van der Waals surface area (Å²) in [6.07, 6.45) is 5.98. The summed E-state index contributed by atoms with van der Waals surface area (Å²) in [5, 5.41) is 3.76. The second kappa shape index (κ2) is 9.02. The molecule has 4 rings (SSSR count). The Bertz CT molecular complexity index is 1160. The average Bonchev–Trinajstić information content (AvgIpc) is 3.12. The Morgan fingerprint density at radius 1 is 1.30 bits per heavy atom. The molecule has 2 heterocycles. The number of hydrogen-bond acceptors (Lipinski definition) is 5. The van der Waals surface area contributed by atoms with Gasteiger partial charge in [0.25, 0.3) is 11.5 Å². The number of amides is 1. The van der Waals surface area contributed by atoms with Gasteiger partial charge in [-0.05, 0) is 61.9 Å². The highest BCUT2D eigenvalue weighted by Gasteiger charge is 2.20. The van der Waals surface area contributed by atoms with E-state index < -0.39 is 0 Å². The summed E-state index contributed by atoms with van der Waals surface area (Å²) in [5.74, 6) is 0.793. The minimum Gasteiger partial charge on any atom is -0.484 e. The largest absolute Gasteiger partial charge is 0.484 e. The van der Waals surface area contributed by atoms with Gasteiger partial charge in [-0.2, -0.15) is 0 Å². The Hall–Kier alpha value is -2.64. The third kappa shape index (κ3) is 4.42. The lowest BCUT2D eigenvalue weighted by Crippen LogP contribution is -2.28. The molecular weight excluding hydrogens is 422 g/mol. The monoisotopic (exact) mass is 443 g/mol. The van der Waals surface area contributed by atoms with Gasteiger partial charge in [0.05, 0.1) is 10.4 Å². The molecule has 0 fully saturated rings. The maximum atomic E-state index is 12.7. The molecule has 1 aliphatic carbocycles. The van der Waals surface area contributed by atoms with E-state index in [-0.39, 0.29) is 18.1 Å². The fraction of sp³-hybridized carbons (Fsp3) is 0.318. The highest BCUT2D eigenvalue weighted by atomic mass is 35.5. The number of fused-ring (bicyclic) bond motifs is 3. The number of aryl methyl sites for hydroxylation is 2. The molecule has 6 nitrogen and oxygen atoms in total. The summed E-state index contributed by atoms with van der Waals surface area (Å²) in [7, 11) is 0. The number of nitrogens with zero attached hydrogens (tertiary/aromatic N) is 1. The molecule has 0 unspecified atom stereocenters. The number of halogens is 1. The molecule has 1 amide bonds. The van der Waals surface area contributed by atoms with E-state index >= 15 is 0 Å². The van der Waals surface area contributed by atoms with Crippen molar-refractivity contribution < 1.29 is 9.53 Å². The van der Waals surface area contributed by atoms with Gasteiger partial charge >= 0.3 is 0 Å². The molecule has 3 aromatic rings. The maximum Gasteiger partial charge on any atom is 0.260 e. The van der Waals surface area contributed by atoms with Gasteiger partial charge in [-0.15, -0.1) is 11.3 Å². The molecule has 0 radical (unpaired) electrons. The van der Waals surface area contributed by atoms with Gasteiger partial charge in [0, 0.05) is 11.4 Å². The van der Waals surface area contributed by atoms with Gasteiger partial charge in [-0.25, -0.2) is 4.98 Å². The number of aromatic amines is 1. The first-order valence-corrected chi connectivity index (χ1v) is 11.2. The van der Waals surface area contributed by atoms with Gasteiger partial charge in [0.15, 0.2) is 12.4 Å². The zero-order valence-electron chi connectivity index (χ0n) is 16.6. The molecule has 0 aliphatic heterocycles. The number of carbonyl (C=O) groups excluding carboxylic acids is 1. The smallest absolute Gasteiger partial charge is 0.260 e. The molecule has 0 saturated heterocycles. The highest BCUT2D eigenvalue weighted by Crippen LogP contribution is 2.34. The fourth-order valence-electron chi connectivity index (χ4n) is 3.55. The van der Waals surface area contributed by atoms with Crippen molar-refractivity contribution in [2.75, 3.05) is 13.2 Å². The van der Waals surface area contributed by atoms with Crippen LogP contribution < -0.4 is 15.6 Å². The van der Waals surface area contributed by atoms with E-state index in [9.17, 15) is 9.59 Å². The molecule has 1 aromatic carbocycles. The van der Waals surface area contributed by atoms with Gasteiger partial charge in [0.2, 0.25) is 0 Å². The normalized spacial score (nSPS) is 13.9. The van der Waals surface area contributed by atoms with Crippen LogP contribution in [0, 0.1) is 0 Å². The summed E-state index contributed by atoms with van der Waals surface area (Å²) in [4.78, 5) is 33.6. The average molecular weight is 444 g/mol. The number of H-pyrrole nitrogens is 1. The van der Waals surface area contributed by atoms with Crippen molar-refractivity contribution in [3.05, 3.63) is 56.4 Å². The number of likely N-dealkylation sites (N-methyl/N-ethyl adjacent to an activating group) is 1. The minimum atomic E-state index is -0.162. The van der Waals surface area contributed by atoms with E-state index in [0.717, 1.165) is 47.0 Å². The SMILES string of the molecule is CCNC(=O)COc1ccc(/C=C(/Cl)c2nc3sc4c(c3c(=O)[nH]2)CCCC4)cc1. The third-order valence-electron chi connectivity index (χ3n) is 4.97. The lowest BCUT2D eigenvalue weighted by Gasteiger charge is -2.09. The molecule has 30 heavy (non-hydrogen) atoms. The number of hydrogen-bond donors (Lipinski definition) is 2. The van der Waals surface area contributed by atoms with Crippen molar-refractivity contribution in [1.82, 2.24) is 15.3 Å². The van der Waals surface area contributed by atoms with E-state index in [1.165, 1.54) is 4.88 Å². The molecule has 156 valence electrons. The summed E-state index contributed by atoms with van der Waals surface area (Å²) in [6.45, 7) is 2.40. The quantitative estimate of drug-likeness (QED) is 0.600. The molecule has 0 atom stereocenters. The number of ether oxygens (including phenoxy) is 1. The zero-order valence-corrected chi connectivity index (χ0v) is 18.2. The lowest BCUT2D eigenvalue weighted by atomic mass is 9.97. The van der Waals surface area contributed by atoms with Crippen LogP contribution in [0.3, 0.4) is 0 Å². The van der Waals surface area contributed by atoms with E-state index in [1.807, 2.05) is 19.1 Å². The molecule has 1 aliphatic rings. The van der Waals surface area contributed by atoms with Crippen LogP contribution in [-0.2, 0) is 17.6 Å². The molecule has 2 N–H and O–H groups in total. The van der Waals surface area contributed by atoms with Crippen LogP contribution in [0.15, 0.2) is 29.1 Å². The minimum absolute atomic E-state index is 0.0280. The number of nitrogens with one attached hydrogen (secondary N) is 2. The van der Waals surface area contributed by atoms with Gasteiger partial charge in [-0.1, -0.05) is 23.7 Å². The number of carbonyl (C=O) groups is 1. The lowest BCUT2D eigenvalue weighted by molar-refractivity contribution is -0.122. The van der Waals surface area contributed by atoms with Crippen molar-refractivity contribution in [1.29, 1.82) is 0 Å². The van der Waals surface area contributed by atoms with Crippen molar-refractivity contribution in [3.8, 4) is 5.75 Å². The molecule has 2 aromatic heterocycles. The Balaban J connectivity index is 1.54. The number of aromatic nitrogens is 2. The van der Waals surface area contributed by atoms with Crippen LogP contribution in [0.5, 0.6) is 5.75 Å². The van der Waals surface area contributed by atoms with Crippen LogP contribution in [0.2, 0.25) is 0 Å². The fourth-order valence-corrected chi connectivity index (χ4v) is 5.03. The van der Waals surface area contributed by atoms with Crippen molar-refractivity contribution in [2.24, 2.45) is 0 Å². The first-order valence-electron chi connectivity index (χ1n) is 9.97. The standard InChI is InChI=1S/C22H22ClN3O3S/c1-2-24-18(27)12-29-14-9-7-13(8-10-14)11-16(23)20-25-21(28)19-15-5-3-4-6-17(15)30-22(19)26-20/h7-11H,2-6,12H2,1H3,(H,24,27)(H,25,26,28)/b16-11+. The summed E-state index contributed by atoms with van der Waals surface area (Å²) in [6, 6.07) is 7.19. The van der Waals surface area contributed by atoms with Crippen LogP contribution >= 0.6 is 22.9 Å². The van der Waals surface area contributed by atoms with Gasteiger partial charge < -0.3 is 15.0 Å². The van der Waals surface area contributed by atoms with Crippen LogP contribution in [0.4, 0.5) is 0 Å². The molecule has 0 spiro atoms. The first kappa shape index (κ1) is 20.6. The number of rotatable bonds is 6. The Labute approximate surface area is 182 Å². The van der Waals surface area contributed by atoms with Gasteiger partial charge in [0.1, 0.15) is 10.6 Å². The summed E-state index contributed by atoms with van der Waals surface area (Å²) >= 11 is 8.06. The molecule has 0 bridgehead atoms. The second-order valence-electron chi connectivity index (χ2n) is 7.11. The van der Waals surface area contributed by atoms with Crippen molar-refractivity contribution in [3.63, 3.8) is 0 Å². The summed E-state index contributed by atoms with van der Waals surface area (Å²) in [5.41, 5.74) is 1.86. The highest BCUT2D eigenvalue weighted by molar-refractivity contribution is 7.18. The zero-order chi connectivity index (χ0) is 21.1. The van der Waals surface area contributed by atoms with Crippen LogP contribution in [0.1, 0.15) is 41.6 Å². The predicted octanol–water partition coefficient (Wildman–Crippen LogP) is 4.12. The summed E-state index contributed by atoms with van der Waals surface area (Å²) < 4.78 is 5.44. The van der Waals surface area contributed by atoms with Crippen molar-refractivity contribution >= 4 is 50.2 Å². The van der Waals surface area contributed by atoms with E-state index in [1.54, 1.807) is 29.5 Å². The Morgan fingerprint density at radius 3 is 2.83 bits per heavy atom. The topological polar surface area (TPSA) is 84.1 Å². The Kier molecular flexibility index (Phi) is 6.20. The van der Waals surface area contributed by atoms with Crippen LogP contribution in [0.25, 0.3) is 21.3 Å². The van der Waals surface area contributed by atoms with Gasteiger partial charge in [-0.3, -0.25) is 9.59 Å². The third-order valence-corrected chi connectivity index (χ3v) is 6.44. The first-order chi connectivity index (χ1) is 14.5. The molecular formula is C22H22ClN3O3S. The maximum absolute atomic E-state index is 12.7. The number of thiophene rings is 1. The van der Waals surface area contributed by atoms with E-state index in [4.69, 9.17) is 16.3 Å².